The van der Waals surface area contributed by atoms with Gasteiger partial charge in [0.1, 0.15) is 11.5 Å². The van der Waals surface area contributed by atoms with Gasteiger partial charge in [-0.1, -0.05) is 48.0 Å². The molecule has 0 spiro atoms. The molecule has 1 aliphatic heterocycles. The molecule has 1 fully saturated rings. The highest BCUT2D eigenvalue weighted by molar-refractivity contribution is 5.71. The van der Waals surface area contributed by atoms with Crippen LogP contribution >= 0.6 is 0 Å². The SMILES string of the molecule is COc1ccc(CN2CCN(c3ccccc3OC)CC2)cc1-c1cccc(C)c1. The van der Waals surface area contributed by atoms with Crippen LogP contribution in [0.2, 0.25) is 0 Å². The van der Waals surface area contributed by atoms with Crippen molar-refractivity contribution < 1.29 is 9.47 Å². The molecule has 0 N–H and O–H groups in total. The number of piperazine rings is 1. The first-order chi connectivity index (χ1) is 14.7. The van der Waals surface area contributed by atoms with E-state index in [1.165, 1.54) is 22.4 Å². The van der Waals surface area contributed by atoms with E-state index < -0.39 is 0 Å². The molecule has 0 radical (unpaired) electrons. The molecule has 3 aromatic rings. The number of hydrogen-bond acceptors (Lipinski definition) is 4. The maximum Gasteiger partial charge on any atom is 0.142 e. The monoisotopic (exact) mass is 402 g/mol. The molecule has 1 heterocycles. The fourth-order valence-electron chi connectivity index (χ4n) is 4.19. The summed E-state index contributed by atoms with van der Waals surface area (Å²) in [5.74, 6) is 1.87. The first-order valence-electron chi connectivity index (χ1n) is 10.5. The minimum absolute atomic E-state index is 0.922. The summed E-state index contributed by atoms with van der Waals surface area (Å²) >= 11 is 0. The lowest BCUT2D eigenvalue weighted by Crippen LogP contribution is -2.46. The molecule has 30 heavy (non-hydrogen) atoms. The van der Waals surface area contributed by atoms with Gasteiger partial charge in [0.05, 0.1) is 19.9 Å². The van der Waals surface area contributed by atoms with E-state index in [-0.39, 0.29) is 0 Å². The van der Waals surface area contributed by atoms with E-state index in [9.17, 15) is 0 Å². The third kappa shape index (κ3) is 4.44. The second-order valence-electron chi connectivity index (χ2n) is 7.84. The van der Waals surface area contributed by atoms with Crippen molar-refractivity contribution in [2.75, 3.05) is 45.3 Å². The van der Waals surface area contributed by atoms with Crippen molar-refractivity contribution in [3.05, 3.63) is 77.9 Å². The van der Waals surface area contributed by atoms with E-state index in [0.717, 1.165) is 49.8 Å². The molecule has 0 atom stereocenters. The van der Waals surface area contributed by atoms with Gasteiger partial charge in [0.2, 0.25) is 0 Å². The molecule has 1 aliphatic rings. The molecule has 3 aromatic carbocycles. The van der Waals surface area contributed by atoms with Crippen molar-refractivity contribution >= 4 is 5.69 Å². The van der Waals surface area contributed by atoms with Gasteiger partial charge in [-0.15, -0.1) is 0 Å². The number of anilines is 1. The zero-order valence-electron chi connectivity index (χ0n) is 18.1. The van der Waals surface area contributed by atoms with E-state index >= 15 is 0 Å². The number of aryl methyl sites for hydroxylation is 1. The zero-order chi connectivity index (χ0) is 20.9. The summed E-state index contributed by atoms with van der Waals surface area (Å²) in [5, 5.41) is 0. The molecule has 0 amide bonds. The minimum atomic E-state index is 0.922. The van der Waals surface area contributed by atoms with Crippen LogP contribution in [-0.4, -0.2) is 45.3 Å². The number of para-hydroxylation sites is 2. The van der Waals surface area contributed by atoms with Gasteiger partial charge < -0.3 is 14.4 Å². The maximum absolute atomic E-state index is 5.64. The smallest absolute Gasteiger partial charge is 0.142 e. The topological polar surface area (TPSA) is 24.9 Å². The summed E-state index contributed by atoms with van der Waals surface area (Å²) in [7, 11) is 3.48. The lowest BCUT2D eigenvalue weighted by Gasteiger charge is -2.36. The van der Waals surface area contributed by atoms with Gasteiger partial charge in [0.25, 0.3) is 0 Å². The summed E-state index contributed by atoms with van der Waals surface area (Å²) < 4.78 is 11.2. The van der Waals surface area contributed by atoms with Crippen molar-refractivity contribution in [3.63, 3.8) is 0 Å². The van der Waals surface area contributed by atoms with Gasteiger partial charge >= 0.3 is 0 Å². The van der Waals surface area contributed by atoms with Crippen LogP contribution in [0.5, 0.6) is 11.5 Å². The molecular formula is C26H30N2O2. The summed E-state index contributed by atoms with van der Waals surface area (Å²) in [6, 6.07) is 23.4. The van der Waals surface area contributed by atoms with E-state index in [2.05, 4.69) is 71.3 Å². The second-order valence-corrected chi connectivity index (χ2v) is 7.84. The van der Waals surface area contributed by atoms with Crippen molar-refractivity contribution in [1.82, 2.24) is 4.90 Å². The standard InChI is InChI=1S/C26H30N2O2/c1-20-7-6-8-22(17-20)23-18-21(11-12-25(23)29-2)19-27-13-15-28(16-14-27)24-9-4-5-10-26(24)30-3/h4-12,17-18H,13-16,19H2,1-3H3. The van der Waals surface area contributed by atoms with Crippen molar-refractivity contribution in [2.45, 2.75) is 13.5 Å². The van der Waals surface area contributed by atoms with Gasteiger partial charge in [-0.3, -0.25) is 4.90 Å². The third-order valence-electron chi connectivity index (χ3n) is 5.80. The Morgan fingerprint density at radius 1 is 0.767 bits per heavy atom. The predicted octanol–water partition coefficient (Wildman–Crippen LogP) is 5.00. The normalized spacial score (nSPS) is 14.6. The van der Waals surface area contributed by atoms with Crippen LogP contribution in [0.1, 0.15) is 11.1 Å². The second kappa shape index (κ2) is 9.23. The van der Waals surface area contributed by atoms with Gasteiger partial charge in [-0.05, 0) is 42.3 Å². The quantitative estimate of drug-likeness (QED) is 0.579. The maximum atomic E-state index is 5.64. The highest BCUT2D eigenvalue weighted by atomic mass is 16.5. The van der Waals surface area contributed by atoms with E-state index in [0.29, 0.717) is 0 Å². The third-order valence-corrected chi connectivity index (χ3v) is 5.80. The minimum Gasteiger partial charge on any atom is -0.496 e. The van der Waals surface area contributed by atoms with Crippen LogP contribution in [-0.2, 0) is 6.54 Å². The van der Waals surface area contributed by atoms with E-state index in [1.54, 1.807) is 14.2 Å². The van der Waals surface area contributed by atoms with E-state index in [4.69, 9.17) is 9.47 Å². The Morgan fingerprint density at radius 3 is 2.27 bits per heavy atom. The van der Waals surface area contributed by atoms with Gasteiger partial charge in [-0.2, -0.15) is 0 Å². The largest absolute Gasteiger partial charge is 0.496 e. The zero-order valence-corrected chi connectivity index (χ0v) is 18.1. The number of hydrogen-bond donors (Lipinski definition) is 0. The van der Waals surface area contributed by atoms with Crippen LogP contribution in [0.4, 0.5) is 5.69 Å². The molecule has 4 rings (SSSR count). The highest BCUT2D eigenvalue weighted by Gasteiger charge is 2.20. The van der Waals surface area contributed by atoms with Gasteiger partial charge in [-0.25, -0.2) is 0 Å². The number of rotatable bonds is 6. The van der Waals surface area contributed by atoms with Gasteiger partial charge in [0.15, 0.2) is 0 Å². The molecule has 0 unspecified atom stereocenters. The first-order valence-corrected chi connectivity index (χ1v) is 10.5. The Bertz CT molecular complexity index is 994. The number of nitrogens with zero attached hydrogens (tertiary/aromatic N) is 2. The number of benzene rings is 3. The Morgan fingerprint density at radius 2 is 1.53 bits per heavy atom. The highest BCUT2D eigenvalue weighted by Crippen LogP contribution is 2.32. The van der Waals surface area contributed by atoms with Crippen LogP contribution < -0.4 is 14.4 Å². The Labute approximate surface area is 179 Å². The molecule has 0 bridgehead atoms. The number of ether oxygens (including phenoxy) is 2. The van der Waals surface area contributed by atoms with Crippen molar-refractivity contribution in [2.24, 2.45) is 0 Å². The number of methoxy groups -OCH3 is 2. The summed E-state index contributed by atoms with van der Waals surface area (Å²) in [6.45, 7) is 7.14. The van der Waals surface area contributed by atoms with E-state index in [1.807, 2.05) is 12.1 Å². The van der Waals surface area contributed by atoms with Crippen LogP contribution in [0, 0.1) is 6.92 Å². The first kappa shape index (κ1) is 20.3. The molecule has 0 saturated carbocycles. The van der Waals surface area contributed by atoms with Crippen molar-refractivity contribution in [3.8, 4) is 22.6 Å². The van der Waals surface area contributed by atoms with Crippen molar-refractivity contribution in [1.29, 1.82) is 0 Å². The lowest BCUT2D eigenvalue weighted by atomic mass is 10.00. The average molecular weight is 403 g/mol. The molecule has 0 aliphatic carbocycles. The molecule has 0 aromatic heterocycles. The summed E-state index contributed by atoms with van der Waals surface area (Å²) in [6.07, 6.45) is 0. The lowest BCUT2D eigenvalue weighted by molar-refractivity contribution is 0.249. The fourth-order valence-corrected chi connectivity index (χ4v) is 4.19. The molecule has 156 valence electrons. The summed E-state index contributed by atoms with van der Waals surface area (Å²) in [4.78, 5) is 4.94. The van der Waals surface area contributed by atoms with Crippen LogP contribution in [0.15, 0.2) is 66.7 Å². The average Bonchev–Trinajstić information content (AvgIpc) is 2.79. The van der Waals surface area contributed by atoms with Crippen LogP contribution in [0.25, 0.3) is 11.1 Å². The molecule has 1 saturated heterocycles. The fraction of sp³-hybridized carbons (Fsp3) is 0.308. The summed E-state index contributed by atoms with van der Waals surface area (Å²) in [5.41, 5.74) is 6.12. The van der Waals surface area contributed by atoms with Gasteiger partial charge in [0, 0.05) is 38.3 Å². The Kier molecular flexibility index (Phi) is 6.24. The predicted molar refractivity (Wildman–Crippen MR) is 124 cm³/mol. The molecular weight excluding hydrogens is 372 g/mol. The Hall–Kier alpha value is -2.98. The van der Waals surface area contributed by atoms with Crippen LogP contribution in [0.3, 0.4) is 0 Å². The molecule has 4 heteroatoms. The molecule has 4 nitrogen and oxygen atoms in total. The Balaban J connectivity index is 1.46.